The summed E-state index contributed by atoms with van der Waals surface area (Å²) >= 11 is 0. The molecule has 0 aromatic carbocycles. The molecule has 98 valence electrons. The van der Waals surface area contributed by atoms with Crippen LogP contribution in [-0.4, -0.2) is 31.0 Å². The maximum absolute atomic E-state index is 11.4. The van der Waals surface area contributed by atoms with Crippen LogP contribution in [0.5, 0.6) is 0 Å². The first-order valence-corrected chi connectivity index (χ1v) is 8.14. The van der Waals surface area contributed by atoms with Gasteiger partial charge in [0.05, 0.1) is 11.2 Å². The van der Waals surface area contributed by atoms with Crippen molar-refractivity contribution in [3.8, 4) is 0 Å². The molecule has 4 nitrogen and oxygen atoms in total. The monoisotopic (exact) mass is 260 g/mol. The second-order valence-corrected chi connectivity index (χ2v) is 8.06. The second kappa shape index (κ2) is 4.26. The van der Waals surface area contributed by atoms with E-state index in [9.17, 15) is 18.3 Å². The fourth-order valence-electron chi connectivity index (χ4n) is 3.16. The average Bonchev–Trinajstić information content (AvgIpc) is 2.86. The van der Waals surface area contributed by atoms with Crippen LogP contribution < -0.4 is 0 Å². The van der Waals surface area contributed by atoms with E-state index >= 15 is 0 Å². The van der Waals surface area contributed by atoms with E-state index in [0.717, 1.165) is 12.8 Å². The summed E-state index contributed by atoms with van der Waals surface area (Å²) in [5.41, 5.74) is -0.614. The largest absolute Gasteiger partial charge is 0.481 e. The molecule has 0 aromatic heterocycles. The zero-order valence-corrected chi connectivity index (χ0v) is 11.0. The van der Waals surface area contributed by atoms with Gasteiger partial charge in [-0.1, -0.05) is 6.92 Å². The van der Waals surface area contributed by atoms with Crippen LogP contribution in [0.3, 0.4) is 0 Å². The van der Waals surface area contributed by atoms with Gasteiger partial charge in [0.2, 0.25) is 0 Å². The van der Waals surface area contributed by atoms with Crippen molar-refractivity contribution >= 4 is 15.8 Å². The third-order valence-corrected chi connectivity index (χ3v) is 6.17. The van der Waals surface area contributed by atoms with Gasteiger partial charge < -0.3 is 5.11 Å². The molecule has 0 radical (unpaired) electrons. The molecule has 0 saturated heterocycles. The van der Waals surface area contributed by atoms with Crippen LogP contribution in [0.2, 0.25) is 0 Å². The van der Waals surface area contributed by atoms with Gasteiger partial charge in [-0.05, 0) is 43.9 Å². The Kier molecular flexibility index (Phi) is 3.23. The van der Waals surface area contributed by atoms with Crippen LogP contribution in [0.25, 0.3) is 0 Å². The fourth-order valence-corrected chi connectivity index (χ4v) is 4.03. The van der Waals surface area contributed by atoms with E-state index in [1.54, 1.807) is 6.92 Å². The van der Waals surface area contributed by atoms with Crippen LogP contribution in [0.4, 0.5) is 0 Å². The molecule has 0 aromatic rings. The molecule has 0 bridgehead atoms. The van der Waals surface area contributed by atoms with Crippen molar-refractivity contribution in [2.45, 2.75) is 39.0 Å². The Labute approximate surface area is 102 Å². The van der Waals surface area contributed by atoms with Crippen LogP contribution in [0, 0.1) is 17.3 Å². The lowest BCUT2D eigenvalue weighted by Crippen LogP contribution is -2.30. The lowest BCUT2D eigenvalue weighted by Gasteiger charge is -2.25. The highest BCUT2D eigenvalue weighted by Crippen LogP contribution is 2.61. The van der Waals surface area contributed by atoms with Gasteiger partial charge >= 0.3 is 5.97 Å². The quantitative estimate of drug-likeness (QED) is 0.789. The highest BCUT2D eigenvalue weighted by Gasteiger charge is 2.57. The molecular formula is C12H20O4S. The lowest BCUT2D eigenvalue weighted by molar-refractivity contribution is -0.149. The van der Waals surface area contributed by atoms with Crippen molar-refractivity contribution in [1.82, 2.24) is 0 Å². The molecule has 2 rings (SSSR count). The van der Waals surface area contributed by atoms with E-state index in [0.29, 0.717) is 24.7 Å². The Balaban J connectivity index is 1.90. The highest BCUT2D eigenvalue weighted by molar-refractivity contribution is 7.91. The first-order chi connectivity index (χ1) is 7.88. The van der Waals surface area contributed by atoms with Gasteiger partial charge in [-0.15, -0.1) is 0 Å². The molecular weight excluding hydrogens is 240 g/mol. The Morgan fingerprint density at radius 1 is 1.35 bits per heavy atom. The van der Waals surface area contributed by atoms with Gasteiger partial charge in [0, 0.05) is 5.75 Å². The molecule has 2 unspecified atom stereocenters. The zero-order valence-electron chi connectivity index (χ0n) is 10.2. The predicted octanol–water partition coefficient (Wildman–Crippen LogP) is 1.70. The minimum atomic E-state index is -2.96. The van der Waals surface area contributed by atoms with Crippen LogP contribution >= 0.6 is 0 Å². The molecule has 0 spiro atoms. The Hall–Kier alpha value is -0.580. The molecule has 2 fully saturated rings. The number of fused-ring (bicyclic) bond motifs is 1. The Morgan fingerprint density at radius 3 is 2.41 bits per heavy atom. The third kappa shape index (κ3) is 2.64. The van der Waals surface area contributed by atoms with Crippen molar-refractivity contribution in [2.75, 3.05) is 11.5 Å². The number of rotatable bonds is 6. The van der Waals surface area contributed by atoms with Gasteiger partial charge in [-0.2, -0.15) is 0 Å². The number of aliphatic carboxylic acids is 1. The van der Waals surface area contributed by atoms with Crippen molar-refractivity contribution in [3.05, 3.63) is 0 Å². The molecule has 17 heavy (non-hydrogen) atoms. The van der Waals surface area contributed by atoms with E-state index in [-0.39, 0.29) is 11.5 Å². The number of hydrogen-bond acceptors (Lipinski definition) is 3. The minimum Gasteiger partial charge on any atom is -0.481 e. The minimum absolute atomic E-state index is 0.133. The molecule has 2 aliphatic rings. The Bertz CT molecular complexity index is 402. The molecule has 2 aliphatic carbocycles. The van der Waals surface area contributed by atoms with Gasteiger partial charge in [0.15, 0.2) is 0 Å². The number of carbonyl (C=O) groups is 1. The summed E-state index contributed by atoms with van der Waals surface area (Å²) < 4.78 is 22.7. The normalized spacial score (nSPS) is 35.6. The van der Waals surface area contributed by atoms with Crippen molar-refractivity contribution < 1.29 is 18.3 Å². The van der Waals surface area contributed by atoms with E-state index in [4.69, 9.17) is 0 Å². The molecule has 2 saturated carbocycles. The van der Waals surface area contributed by atoms with E-state index < -0.39 is 21.2 Å². The van der Waals surface area contributed by atoms with E-state index in [2.05, 4.69) is 0 Å². The van der Waals surface area contributed by atoms with Gasteiger partial charge in [0.1, 0.15) is 9.84 Å². The van der Waals surface area contributed by atoms with Crippen LogP contribution in [0.1, 0.15) is 39.0 Å². The average molecular weight is 260 g/mol. The number of carboxylic acids is 1. The summed E-state index contributed by atoms with van der Waals surface area (Å²) in [6.45, 7) is 1.63. The number of hydrogen-bond donors (Lipinski definition) is 1. The maximum atomic E-state index is 11.4. The van der Waals surface area contributed by atoms with Gasteiger partial charge in [0.25, 0.3) is 0 Å². The van der Waals surface area contributed by atoms with Crippen molar-refractivity contribution in [2.24, 2.45) is 17.3 Å². The SMILES string of the molecule is CCS(=O)(=O)CCCC1(C(=O)O)CC2CC2C1. The summed E-state index contributed by atoms with van der Waals surface area (Å²) in [4.78, 5) is 11.4. The lowest BCUT2D eigenvalue weighted by atomic mass is 9.79. The second-order valence-electron chi connectivity index (χ2n) is 5.59. The predicted molar refractivity (Wildman–Crippen MR) is 64.5 cm³/mol. The summed E-state index contributed by atoms with van der Waals surface area (Å²) in [5.74, 6) is 0.771. The molecule has 0 heterocycles. The van der Waals surface area contributed by atoms with Crippen molar-refractivity contribution in [1.29, 1.82) is 0 Å². The van der Waals surface area contributed by atoms with Crippen molar-refractivity contribution in [3.63, 3.8) is 0 Å². The van der Waals surface area contributed by atoms with Gasteiger partial charge in [-0.25, -0.2) is 8.42 Å². The fraction of sp³-hybridized carbons (Fsp3) is 0.917. The first-order valence-electron chi connectivity index (χ1n) is 6.32. The zero-order chi connectivity index (χ0) is 12.7. The molecule has 5 heteroatoms. The summed E-state index contributed by atoms with van der Waals surface area (Å²) in [6.07, 6.45) is 3.72. The third-order valence-electron chi connectivity index (χ3n) is 4.38. The first kappa shape index (κ1) is 12.9. The van der Waals surface area contributed by atoms with Crippen LogP contribution in [-0.2, 0) is 14.6 Å². The topological polar surface area (TPSA) is 71.4 Å². The van der Waals surface area contributed by atoms with E-state index in [1.807, 2.05) is 0 Å². The van der Waals surface area contributed by atoms with Crippen LogP contribution in [0.15, 0.2) is 0 Å². The summed E-state index contributed by atoms with van der Waals surface area (Å²) in [5, 5.41) is 9.34. The summed E-state index contributed by atoms with van der Waals surface area (Å²) in [7, 11) is -2.96. The number of carboxylic acid groups (broad SMARTS) is 1. The smallest absolute Gasteiger partial charge is 0.309 e. The van der Waals surface area contributed by atoms with Gasteiger partial charge in [-0.3, -0.25) is 4.79 Å². The van der Waals surface area contributed by atoms with E-state index in [1.165, 1.54) is 6.42 Å². The molecule has 2 atom stereocenters. The molecule has 0 amide bonds. The molecule has 0 aliphatic heterocycles. The highest BCUT2D eigenvalue weighted by atomic mass is 32.2. The number of sulfone groups is 1. The summed E-state index contributed by atoms with van der Waals surface area (Å²) in [6, 6.07) is 0. The standard InChI is InChI=1S/C12H20O4S/c1-2-17(15,16)5-3-4-12(11(13)14)7-9-6-10(9)8-12/h9-10H,2-8H2,1H3,(H,13,14). The maximum Gasteiger partial charge on any atom is 0.309 e. The Morgan fingerprint density at radius 2 is 1.94 bits per heavy atom. The molecule has 1 N–H and O–H groups in total.